The minimum atomic E-state index is -0.174. The maximum absolute atomic E-state index is 5.51. The molecule has 1 aliphatic rings. The fraction of sp³-hybridized carbons (Fsp3) is 0.571. The summed E-state index contributed by atoms with van der Waals surface area (Å²) in [7, 11) is 5.23. The highest BCUT2D eigenvalue weighted by atomic mass is 16.7. The van der Waals surface area contributed by atoms with Gasteiger partial charge in [-0.25, -0.2) is 0 Å². The van der Waals surface area contributed by atoms with Gasteiger partial charge in [-0.3, -0.25) is 0 Å². The van der Waals surface area contributed by atoms with E-state index in [9.17, 15) is 0 Å². The smallest absolute Gasteiger partial charge is 0.159 e. The Balaban J connectivity index is 2.24. The average Bonchev–Trinajstić information content (AvgIpc) is 2.97. The molecule has 1 saturated heterocycles. The summed E-state index contributed by atoms with van der Waals surface area (Å²) in [4.78, 5) is 0. The van der Waals surface area contributed by atoms with E-state index in [0.717, 1.165) is 17.1 Å². The molecule has 1 aliphatic heterocycles. The van der Waals surface area contributed by atoms with Crippen molar-refractivity contribution >= 4 is 0 Å². The topological polar surface area (TPSA) is 49.0 Å². The van der Waals surface area contributed by atoms with Gasteiger partial charge in [0, 0.05) is 12.5 Å². The number of rotatable bonds is 6. The fourth-order valence-electron chi connectivity index (χ4n) is 2.34. The molecular weight excluding hydrogens is 246 g/mol. The number of nitrogens with one attached hydrogen (secondary N) is 1. The van der Waals surface area contributed by atoms with Gasteiger partial charge < -0.3 is 24.3 Å². The zero-order valence-corrected chi connectivity index (χ0v) is 11.6. The molecule has 0 amide bonds. The first-order valence-corrected chi connectivity index (χ1v) is 6.41. The summed E-state index contributed by atoms with van der Waals surface area (Å²) in [6.45, 7) is 1.31. The summed E-state index contributed by atoms with van der Waals surface area (Å²) in [6.07, 6.45) is 0.541. The average molecular weight is 267 g/mol. The quantitative estimate of drug-likeness (QED) is 0.850. The van der Waals surface area contributed by atoms with Crippen LogP contribution in [0.15, 0.2) is 18.2 Å². The Morgan fingerprint density at radius 2 is 1.79 bits per heavy atom. The minimum absolute atomic E-state index is 0.0502. The summed E-state index contributed by atoms with van der Waals surface area (Å²) < 4.78 is 21.9. The van der Waals surface area contributed by atoms with Gasteiger partial charge >= 0.3 is 0 Å². The molecule has 1 aromatic rings. The van der Waals surface area contributed by atoms with Gasteiger partial charge in [0.1, 0.15) is 11.5 Å². The molecule has 0 bridgehead atoms. The van der Waals surface area contributed by atoms with Crippen LogP contribution in [0.5, 0.6) is 11.5 Å². The second-order valence-corrected chi connectivity index (χ2v) is 4.32. The number of methoxy groups -OCH3 is 2. The maximum Gasteiger partial charge on any atom is 0.159 e. The van der Waals surface area contributed by atoms with E-state index in [-0.39, 0.29) is 12.3 Å². The van der Waals surface area contributed by atoms with Crippen LogP contribution in [0.3, 0.4) is 0 Å². The highest BCUT2D eigenvalue weighted by molar-refractivity contribution is 5.47. The molecule has 5 heteroatoms. The Hall–Kier alpha value is -1.30. The third-order valence-corrected chi connectivity index (χ3v) is 3.28. The fourth-order valence-corrected chi connectivity index (χ4v) is 2.34. The lowest BCUT2D eigenvalue weighted by Crippen LogP contribution is -2.24. The van der Waals surface area contributed by atoms with Crippen molar-refractivity contribution in [3.8, 4) is 11.5 Å². The monoisotopic (exact) mass is 267 g/mol. The summed E-state index contributed by atoms with van der Waals surface area (Å²) in [5.41, 5.74) is 0.995. The molecule has 1 heterocycles. The lowest BCUT2D eigenvalue weighted by molar-refractivity contribution is -0.0528. The van der Waals surface area contributed by atoms with Gasteiger partial charge in [0.2, 0.25) is 0 Å². The van der Waals surface area contributed by atoms with Crippen LogP contribution in [0, 0.1) is 0 Å². The first-order valence-electron chi connectivity index (χ1n) is 6.41. The van der Waals surface area contributed by atoms with Gasteiger partial charge in [0.05, 0.1) is 33.0 Å². The van der Waals surface area contributed by atoms with E-state index in [1.165, 1.54) is 0 Å². The predicted octanol–water partition coefficient (Wildman–Crippen LogP) is 1.73. The highest BCUT2D eigenvalue weighted by Gasteiger charge is 2.26. The van der Waals surface area contributed by atoms with Crippen LogP contribution < -0.4 is 14.8 Å². The maximum atomic E-state index is 5.51. The molecule has 5 nitrogen and oxygen atoms in total. The van der Waals surface area contributed by atoms with Crippen molar-refractivity contribution in [2.45, 2.75) is 18.8 Å². The first-order chi connectivity index (χ1) is 9.30. The molecule has 1 aromatic carbocycles. The Labute approximate surface area is 113 Å². The Bertz CT molecular complexity index is 382. The molecule has 106 valence electrons. The molecule has 1 N–H and O–H groups in total. The number of benzene rings is 1. The Morgan fingerprint density at radius 3 is 2.26 bits per heavy atom. The van der Waals surface area contributed by atoms with E-state index in [2.05, 4.69) is 5.32 Å². The molecule has 1 unspecified atom stereocenters. The van der Waals surface area contributed by atoms with Crippen LogP contribution in [-0.2, 0) is 9.47 Å². The van der Waals surface area contributed by atoms with Crippen molar-refractivity contribution in [3.63, 3.8) is 0 Å². The van der Waals surface area contributed by atoms with E-state index in [4.69, 9.17) is 18.9 Å². The normalized spacial score (nSPS) is 17.4. The first kappa shape index (κ1) is 14.1. The van der Waals surface area contributed by atoms with Crippen molar-refractivity contribution in [3.05, 3.63) is 23.8 Å². The molecule has 0 spiro atoms. The van der Waals surface area contributed by atoms with Gasteiger partial charge in [-0.15, -0.1) is 0 Å². The molecule has 1 atom stereocenters. The lowest BCUT2D eigenvalue weighted by atomic mass is 10.0. The Kier molecular flexibility index (Phi) is 5.01. The predicted molar refractivity (Wildman–Crippen MR) is 71.7 cm³/mol. The van der Waals surface area contributed by atoms with Crippen molar-refractivity contribution in [2.24, 2.45) is 0 Å². The Morgan fingerprint density at radius 1 is 1.21 bits per heavy atom. The standard InChI is InChI=1S/C14H21NO4/c1-15-10(9-13-18-7-8-19-13)14-11(16-2)5-4-6-12(14)17-3/h4-6,10,13,15H,7-9H2,1-3H3. The van der Waals surface area contributed by atoms with Gasteiger partial charge in [0.15, 0.2) is 6.29 Å². The van der Waals surface area contributed by atoms with Gasteiger partial charge in [-0.1, -0.05) is 6.07 Å². The molecule has 1 fully saturated rings. The van der Waals surface area contributed by atoms with E-state index in [1.807, 2.05) is 25.2 Å². The van der Waals surface area contributed by atoms with E-state index >= 15 is 0 Å². The number of hydrogen-bond acceptors (Lipinski definition) is 5. The van der Waals surface area contributed by atoms with Crippen molar-refractivity contribution in [2.75, 3.05) is 34.5 Å². The van der Waals surface area contributed by atoms with Crippen molar-refractivity contribution in [1.29, 1.82) is 0 Å². The summed E-state index contributed by atoms with van der Waals surface area (Å²) in [5.74, 6) is 1.60. The minimum Gasteiger partial charge on any atom is -0.496 e. The number of ether oxygens (including phenoxy) is 4. The summed E-state index contributed by atoms with van der Waals surface area (Å²) >= 11 is 0. The molecule has 0 radical (unpaired) electrons. The van der Waals surface area contributed by atoms with Crippen molar-refractivity contribution in [1.82, 2.24) is 5.32 Å². The van der Waals surface area contributed by atoms with Gasteiger partial charge in [-0.05, 0) is 19.2 Å². The van der Waals surface area contributed by atoms with Crippen LogP contribution in [-0.4, -0.2) is 40.8 Å². The molecule has 0 aromatic heterocycles. The summed E-state index contributed by atoms with van der Waals surface area (Å²) in [6, 6.07) is 5.82. The van der Waals surface area contributed by atoms with Crippen LogP contribution >= 0.6 is 0 Å². The summed E-state index contributed by atoms with van der Waals surface area (Å²) in [5, 5.41) is 3.27. The van der Waals surface area contributed by atoms with Crippen molar-refractivity contribution < 1.29 is 18.9 Å². The van der Waals surface area contributed by atoms with Crippen LogP contribution in [0.4, 0.5) is 0 Å². The van der Waals surface area contributed by atoms with Gasteiger partial charge in [-0.2, -0.15) is 0 Å². The SMILES string of the molecule is CNC(CC1OCCO1)c1c(OC)cccc1OC. The van der Waals surface area contributed by atoms with E-state index in [1.54, 1.807) is 14.2 Å². The van der Waals surface area contributed by atoms with Crippen LogP contribution in [0.2, 0.25) is 0 Å². The largest absolute Gasteiger partial charge is 0.496 e. The third-order valence-electron chi connectivity index (χ3n) is 3.28. The third kappa shape index (κ3) is 3.18. The molecular formula is C14H21NO4. The molecule has 2 rings (SSSR count). The zero-order valence-electron chi connectivity index (χ0n) is 11.6. The molecule has 19 heavy (non-hydrogen) atoms. The lowest BCUT2D eigenvalue weighted by Gasteiger charge is -2.23. The number of hydrogen-bond donors (Lipinski definition) is 1. The van der Waals surface area contributed by atoms with Crippen LogP contribution in [0.1, 0.15) is 18.0 Å². The second kappa shape index (κ2) is 6.75. The zero-order chi connectivity index (χ0) is 13.7. The van der Waals surface area contributed by atoms with E-state index < -0.39 is 0 Å². The van der Waals surface area contributed by atoms with Gasteiger partial charge in [0.25, 0.3) is 0 Å². The van der Waals surface area contributed by atoms with E-state index in [0.29, 0.717) is 19.6 Å². The molecule has 0 aliphatic carbocycles. The molecule has 0 saturated carbocycles. The van der Waals surface area contributed by atoms with Crippen LogP contribution in [0.25, 0.3) is 0 Å². The highest BCUT2D eigenvalue weighted by Crippen LogP contribution is 2.36. The second-order valence-electron chi connectivity index (χ2n) is 4.32.